The Bertz CT molecular complexity index is 1780. The maximum Gasteiger partial charge on any atom is 0.273 e. The summed E-state index contributed by atoms with van der Waals surface area (Å²) < 4.78 is 4.56. The molecule has 0 spiro atoms. The van der Waals surface area contributed by atoms with Gasteiger partial charge in [-0.1, -0.05) is 71.2 Å². The number of amides is 1. The number of benzene rings is 3. The first kappa shape index (κ1) is 25.5. The van der Waals surface area contributed by atoms with Gasteiger partial charge in [0.1, 0.15) is 11.3 Å². The molecule has 1 aliphatic heterocycles. The Kier molecular flexibility index (Phi) is 6.48. The number of imidazole rings is 1. The van der Waals surface area contributed by atoms with Gasteiger partial charge >= 0.3 is 0 Å². The summed E-state index contributed by atoms with van der Waals surface area (Å²) in [5.74, 6) is -0.152. The Hall–Kier alpha value is -3.47. The van der Waals surface area contributed by atoms with Crippen LogP contribution in [0.3, 0.4) is 0 Å². The van der Waals surface area contributed by atoms with Gasteiger partial charge in [0.15, 0.2) is 0 Å². The molecule has 0 unspecified atom stereocenters. The van der Waals surface area contributed by atoms with Gasteiger partial charge in [-0.05, 0) is 92.3 Å². The standard InChI is InChI=1S/C34H31Cl2N3O/c1-21-9-11-23(12-10-21)30-20-39-32(33(40)37-26-15-16-28(35)29(36)19-26)31(27-8-4-5-17-38(30)34(27)39)25-14-13-22-6-2-3-7-24(22)18-25/h9-16,18-20H,2-8,17H2,1H3,(H,37,40). The van der Waals surface area contributed by atoms with Crippen molar-refractivity contribution in [2.75, 3.05) is 5.32 Å². The van der Waals surface area contributed by atoms with Gasteiger partial charge in [-0.25, -0.2) is 0 Å². The average molecular weight is 569 g/mol. The molecule has 40 heavy (non-hydrogen) atoms. The number of halogens is 2. The van der Waals surface area contributed by atoms with Crippen LogP contribution in [-0.2, 0) is 25.8 Å². The predicted octanol–water partition coefficient (Wildman–Crippen LogP) is 9.16. The molecular weight excluding hydrogens is 537 g/mol. The summed E-state index contributed by atoms with van der Waals surface area (Å²) in [5.41, 5.74) is 12.2. The van der Waals surface area contributed by atoms with E-state index in [1.807, 2.05) is 0 Å². The van der Waals surface area contributed by atoms with Crippen molar-refractivity contribution in [2.24, 2.45) is 0 Å². The van der Waals surface area contributed by atoms with Crippen molar-refractivity contribution in [3.8, 4) is 22.4 Å². The average Bonchev–Trinajstić information content (AvgIpc) is 3.38. The van der Waals surface area contributed by atoms with Gasteiger partial charge in [0, 0.05) is 29.6 Å². The molecule has 0 bridgehead atoms. The van der Waals surface area contributed by atoms with E-state index >= 15 is 0 Å². The Morgan fingerprint density at radius 2 is 1.55 bits per heavy atom. The molecule has 1 aliphatic carbocycles. The summed E-state index contributed by atoms with van der Waals surface area (Å²) in [5, 5.41) is 4.00. The van der Waals surface area contributed by atoms with E-state index in [1.54, 1.807) is 18.2 Å². The number of hydrogen-bond donors (Lipinski definition) is 1. The Labute approximate surface area is 244 Å². The fourth-order valence-electron chi connectivity index (χ4n) is 6.53. The third-order valence-corrected chi connectivity index (χ3v) is 9.25. The Morgan fingerprint density at radius 3 is 2.35 bits per heavy atom. The van der Waals surface area contributed by atoms with E-state index in [0.29, 0.717) is 21.4 Å². The number of carbonyl (C=O) groups excluding carboxylic acids is 1. The minimum absolute atomic E-state index is 0.152. The van der Waals surface area contributed by atoms with Gasteiger partial charge in [0.2, 0.25) is 0 Å². The smallest absolute Gasteiger partial charge is 0.273 e. The van der Waals surface area contributed by atoms with E-state index in [2.05, 4.69) is 69.9 Å². The van der Waals surface area contributed by atoms with E-state index in [-0.39, 0.29) is 5.91 Å². The second kappa shape index (κ2) is 10.2. The highest BCUT2D eigenvalue weighted by Gasteiger charge is 2.30. The summed E-state index contributed by atoms with van der Waals surface area (Å²) in [4.78, 5) is 14.2. The second-order valence-corrected chi connectivity index (χ2v) is 12.0. The van der Waals surface area contributed by atoms with Crippen molar-refractivity contribution in [1.82, 2.24) is 8.97 Å². The van der Waals surface area contributed by atoms with E-state index in [1.165, 1.54) is 35.1 Å². The molecule has 2 aromatic heterocycles. The van der Waals surface area contributed by atoms with Crippen LogP contribution in [0.4, 0.5) is 5.69 Å². The number of aryl methyl sites for hydroxylation is 5. The lowest BCUT2D eigenvalue weighted by molar-refractivity contribution is 0.102. The molecule has 1 amide bonds. The van der Waals surface area contributed by atoms with Gasteiger partial charge in [0.05, 0.1) is 15.7 Å². The molecule has 7 rings (SSSR count). The van der Waals surface area contributed by atoms with Crippen LogP contribution in [0.5, 0.6) is 0 Å². The highest BCUT2D eigenvalue weighted by Crippen LogP contribution is 2.41. The van der Waals surface area contributed by atoms with Crippen LogP contribution in [0.1, 0.15) is 58.4 Å². The maximum absolute atomic E-state index is 14.2. The third kappa shape index (κ3) is 4.34. The molecule has 0 saturated heterocycles. The maximum atomic E-state index is 14.2. The quantitative estimate of drug-likeness (QED) is 0.231. The number of carbonyl (C=O) groups is 1. The number of nitrogens with zero attached hydrogens (tertiary/aromatic N) is 2. The molecule has 5 aromatic rings. The molecule has 2 aliphatic rings. The summed E-state index contributed by atoms with van der Waals surface area (Å²) in [6, 6.07) is 20.7. The van der Waals surface area contributed by atoms with E-state index in [4.69, 9.17) is 23.2 Å². The molecule has 0 fully saturated rings. The SMILES string of the molecule is Cc1ccc(-c2cn3c(C(=O)Nc4ccc(Cl)c(Cl)c4)c(-c4ccc5c(c4)CCCC5)c4c3n2CCCC4)cc1. The van der Waals surface area contributed by atoms with Crippen molar-refractivity contribution in [3.63, 3.8) is 0 Å². The van der Waals surface area contributed by atoms with Crippen LogP contribution < -0.4 is 5.32 Å². The molecule has 0 saturated carbocycles. The second-order valence-electron chi connectivity index (χ2n) is 11.2. The van der Waals surface area contributed by atoms with Gasteiger partial charge in [-0.3, -0.25) is 9.20 Å². The van der Waals surface area contributed by atoms with Crippen LogP contribution in [0.15, 0.2) is 66.9 Å². The number of rotatable bonds is 4. The number of hydrogen-bond acceptors (Lipinski definition) is 1. The minimum Gasteiger partial charge on any atom is -0.325 e. The van der Waals surface area contributed by atoms with Crippen LogP contribution in [0.2, 0.25) is 10.0 Å². The fraction of sp³-hybridized carbons (Fsp3) is 0.265. The lowest BCUT2D eigenvalue weighted by Gasteiger charge is -2.17. The van der Waals surface area contributed by atoms with Crippen LogP contribution in [0, 0.1) is 6.92 Å². The normalized spacial score (nSPS) is 14.7. The highest BCUT2D eigenvalue weighted by atomic mass is 35.5. The van der Waals surface area contributed by atoms with Crippen molar-refractivity contribution in [3.05, 3.63) is 105 Å². The summed E-state index contributed by atoms with van der Waals surface area (Å²) in [6.07, 6.45) is 9.98. The van der Waals surface area contributed by atoms with E-state index in [9.17, 15) is 4.79 Å². The van der Waals surface area contributed by atoms with Gasteiger partial charge in [0.25, 0.3) is 5.91 Å². The van der Waals surface area contributed by atoms with Crippen molar-refractivity contribution in [1.29, 1.82) is 0 Å². The minimum atomic E-state index is -0.152. The molecule has 4 nitrogen and oxygen atoms in total. The number of aromatic nitrogens is 2. The van der Waals surface area contributed by atoms with Crippen LogP contribution >= 0.6 is 23.2 Å². The van der Waals surface area contributed by atoms with Crippen molar-refractivity contribution < 1.29 is 4.79 Å². The number of nitrogens with one attached hydrogen (secondary N) is 1. The van der Waals surface area contributed by atoms with Crippen molar-refractivity contribution in [2.45, 2.75) is 58.4 Å². The summed E-state index contributed by atoms with van der Waals surface area (Å²) >= 11 is 12.5. The zero-order chi connectivity index (χ0) is 27.4. The molecule has 3 aromatic carbocycles. The summed E-state index contributed by atoms with van der Waals surface area (Å²) in [7, 11) is 0. The topological polar surface area (TPSA) is 38.4 Å². The highest BCUT2D eigenvalue weighted by molar-refractivity contribution is 6.42. The van der Waals surface area contributed by atoms with Crippen molar-refractivity contribution >= 4 is 40.4 Å². The molecule has 3 heterocycles. The number of fused-ring (bicyclic) bond motifs is 1. The lowest BCUT2D eigenvalue weighted by atomic mass is 9.88. The lowest BCUT2D eigenvalue weighted by Crippen LogP contribution is -2.15. The first-order valence-electron chi connectivity index (χ1n) is 14.2. The van der Waals surface area contributed by atoms with Gasteiger partial charge in [-0.15, -0.1) is 0 Å². The van der Waals surface area contributed by atoms with Gasteiger partial charge in [-0.2, -0.15) is 0 Å². The van der Waals surface area contributed by atoms with E-state index < -0.39 is 0 Å². The zero-order valence-electron chi connectivity index (χ0n) is 22.6. The van der Waals surface area contributed by atoms with Crippen LogP contribution in [0.25, 0.3) is 28.0 Å². The molecule has 0 radical (unpaired) electrons. The van der Waals surface area contributed by atoms with Gasteiger partial charge < -0.3 is 9.88 Å². The largest absolute Gasteiger partial charge is 0.325 e. The molecule has 1 N–H and O–H groups in total. The Morgan fingerprint density at radius 1 is 0.800 bits per heavy atom. The Balaban J connectivity index is 1.46. The zero-order valence-corrected chi connectivity index (χ0v) is 24.1. The summed E-state index contributed by atoms with van der Waals surface area (Å²) in [6.45, 7) is 3.03. The first-order chi connectivity index (χ1) is 19.5. The third-order valence-electron chi connectivity index (χ3n) is 8.51. The monoisotopic (exact) mass is 567 g/mol. The molecule has 202 valence electrons. The molecule has 6 heteroatoms. The molecule has 0 atom stereocenters. The fourth-order valence-corrected chi connectivity index (χ4v) is 6.83. The predicted molar refractivity (Wildman–Crippen MR) is 165 cm³/mol. The van der Waals surface area contributed by atoms with Crippen LogP contribution in [-0.4, -0.2) is 14.9 Å². The molecular formula is C34H31Cl2N3O. The number of anilines is 1. The first-order valence-corrected chi connectivity index (χ1v) is 15.0. The van der Waals surface area contributed by atoms with E-state index in [0.717, 1.165) is 66.7 Å².